The van der Waals surface area contributed by atoms with Crippen LogP contribution in [0.2, 0.25) is 0 Å². The molecule has 0 radical (unpaired) electrons. The molecule has 5 heteroatoms. The number of carbonyl (C=O) groups excluding carboxylic acids is 2. The number of carbonyl (C=O) groups is 2. The lowest BCUT2D eigenvalue weighted by Crippen LogP contribution is -2.50. The van der Waals surface area contributed by atoms with Gasteiger partial charge in [0, 0.05) is 11.3 Å². The third-order valence-electron chi connectivity index (χ3n) is 12.3. The Morgan fingerprint density at radius 3 is 1.87 bits per heavy atom. The molecule has 5 unspecified atom stereocenters. The summed E-state index contributed by atoms with van der Waals surface area (Å²) in [5.74, 6) is 2.71. The first-order valence-corrected chi connectivity index (χ1v) is 16.1. The summed E-state index contributed by atoms with van der Waals surface area (Å²) in [6.07, 6.45) is 13.7. The highest BCUT2D eigenvalue weighted by Crippen LogP contribution is 2.60. The lowest BCUT2D eigenvalue weighted by molar-refractivity contribution is -0.237. The molecule has 0 saturated heterocycles. The van der Waals surface area contributed by atoms with Gasteiger partial charge in [-0.25, -0.2) is 0 Å². The van der Waals surface area contributed by atoms with E-state index in [1.807, 2.05) is 20.8 Å². The lowest BCUT2D eigenvalue weighted by atomic mass is 9.50. The van der Waals surface area contributed by atoms with Gasteiger partial charge in [0.05, 0.1) is 17.9 Å². The van der Waals surface area contributed by atoms with Gasteiger partial charge >= 0.3 is 11.9 Å². The molecular weight excluding hydrogens is 476 g/mol. The predicted molar refractivity (Wildman–Crippen MR) is 148 cm³/mol. The fraction of sp³-hybridized carbons (Fsp3) is 0.939. The number of esters is 2. The Labute approximate surface area is 231 Å². The summed E-state index contributed by atoms with van der Waals surface area (Å²) < 4.78 is 19.3. The number of ether oxygens (including phenoxy) is 3. The number of hydrogen-bond acceptors (Lipinski definition) is 5. The van der Waals surface area contributed by atoms with Gasteiger partial charge in [0.2, 0.25) is 6.29 Å². The second-order valence-electron chi connectivity index (χ2n) is 14.9. The van der Waals surface area contributed by atoms with Crippen molar-refractivity contribution in [2.24, 2.45) is 51.8 Å². The fourth-order valence-electron chi connectivity index (χ4n) is 9.63. The molecule has 216 valence electrons. The molecule has 5 nitrogen and oxygen atoms in total. The van der Waals surface area contributed by atoms with Crippen LogP contribution in [0, 0.1) is 51.8 Å². The Balaban J connectivity index is 1.27. The van der Waals surface area contributed by atoms with Crippen molar-refractivity contribution in [2.45, 2.75) is 137 Å². The Morgan fingerprint density at radius 2 is 1.37 bits per heavy atom. The molecule has 0 aromatic heterocycles. The van der Waals surface area contributed by atoms with Crippen LogP contribution in [-0.4, -0.2) is 30.9 Å². The van der Waals surface area contributed by atoms with Gasteiger partial charge in [-0.3, -0.25) is 9.59 Å². The van der Waals surface area contributed by atoms with E-state index >= 15 is 0 Å². The van der Waals surface area contributed by atoms with Crippen molar-refractivity contribution in [3.63, 3.8) is 0 Å². The highest BCUT2D eigenvalue weighted by molar-refractivity contribution is 5.77. The van der Waals surface area contributed by atoms with E-state index in [9.17, 15) is 9.59 Å². The first-order valence-electron chi connectivity index (χ1n) is 16.1. The largest absolute Gasteiger partial charge is 0.462 e. The van der Waals surface area contributed by atoms with Crippen LogP contribution in [0.4, 0.5) is 0 Å². The fourth-order valence-corrected chi connectivity index (χ4v) is 9.63. The normalized spacial score (nSPS) is 38.4. The van der Waals surface area contributed by atoms with E-state index in [1.165, 1.54) is 38.5 Å². The topological polar surface area (TPSA) is 61.8 Å². The zero-order valence-electron chi connectivity index (χ0n) is 25.1. The average Bonchev–Trinajstić information content (AvgIpc) is 3.48. The maximum Gasteiger partial charge on any atom is 0.311 e. The number of fused-ring (bicyclic) bond motifs is 2. The zero-order chi connectivity index (χ0) is 27.3. The van der Waals surface area contributed by atoms with Crippen LogP contribution in [0.25, 0.3) is 0 Å². The summed E-state index contributed by atoms with van der Waals surface area (Å²) in [5.41, 5.74) is -0.359. The van der Waals surface area contributed by atoms with Crippen LogP contribution in [-0.2, 0) is 23.8 Å². The van der Waals surface area contributed by atoms with Crippen LogP contribution < -0.4 is 0 Å². The van der Waals surface area contributed by atoms with Crippen molar-refractivity contribution in [3.05, 3.63) is 0 Å². The SMILES string of the molecule is CCC(C)(C)C(=O)OC1CC2CC(C(=O)OC(OCC34CC5CC(CC(C5)C3)C4)C(CC)(CC)CC)C1C2. The van der Waals surface area contributed by atoms with Crippen molar-refractivity contribution >= 4 is 11.9 Å². The third kappa shape index (κ3) is 5.19. The molecule has 0 aliphatic heterocycles. The highest BCUT2D eigenvalue weighted by Gasteiger charge is 2.54. The van der Waals surface area contributed by atoms with Gasteiger partial charge in [-0.1, -0.05) is 27.7 Å². The second kappa shape index (κ2) is 10.7. The molecule has 0 N–H and O–H groups in total. The summed E-state index contributed by atoms with van der Waals surface area (Å²) in [6, 6.07) is 0. The van der Waals surface area contributed by atoms with Gasteiger partial charge < -0.3 is 14.2 Å². The summed E-state index contributed by atoms with van der Waals surface area (Å²) in [5, 5.41) is 0. The molecule has 6 fully saturated rings. The molecule has 6 saturated carbocycles. The Kier molecular flexibility index (Phi) is 8.01. The summed E-state index contributed by atoms with van der Waals surface area (Å²) >= 11 is 0. The quantitative estimate of drug-likeness (QED) is 0.191. The Hall–Kier alpha value is -1.10. The van der Waals surface area contributed by atoms with Crippen molar-refractivity contribution in [1.82, 2.24) is 0 Å². The van der Waals surface area contributed by atoms with Gasteiger partial charge in [-0.05, 0) is 126 Å². The van der Waals surface area contributed by atoms with Crippen molar-refractivity contribution in [1.29, 1.82) is 0 Å². The third-order valence-corrected chi connectivity index (χ3v) is 12.3. The van der Waals surface area contributed by atoms with E-state index < -0.39 is 11.7 Å². The molecule has 6 aliphatic rings. The molecule has 0 spiro atoms. The molecule has 6 aliphatic carbocycles. The zero-order valence-corrected chi connectivity index (χ0v) is 25.1. The molecule has 38 heavy (non-hydrogen) atoms. The van der Waals surface area contributed by atoms with Crippen molar-refractivity contribution in [3.8, 4) is 0 Å². The summed E-state index contributed by atoms with van der Waals surface area (Å²) in [6.45, 7) is 13.3. The summed E-state index contributed by atoms with van der Waals surface area (Å²) in [7, 11) is 0. The van der Waals surface area contributed by atoms with Crippen molar-refractivity contribution in [2.75, 3.05) is 6.61 Å². The molecule has 0 aromatic rings. The van der Waals surface area contributed by atoms with E-state index in [0.29, 0.717) is 5.92 Å². The minimum absolute atomic E-state index is 0.0761. The van der Waals surface area contributed by atoms with Gasteiger partial charge in [-0.15, -0.1) is 0 Å². The van der Waals surface area contributed by atoms with Gasteiger partial charge in [0.1, 0.15) is 6.10 Å². The van der Waals surface area contributed by atoms with Gasteiger partial charge in [-0.2, -0.15) is 0 Å². The van der Waals surface area contributed by atoms with Crippen LogP contribution in [0.1, 0.15) is 125 Å². The molecule has 0 aromatic carbocycles. The van der Waals surface area contributed by atoms with Gasteiger partial charge in [0.25, 0.3) is 0 Å². The van der Waals surface area contributed by atoms with Crippen molar-refractivity contribution < 1.29 is 23.8 Å². The lowest BCUT2D eigenvalue weighted by Gasteiger charge is -2.57. The first kappa shape index (κ1) is 28.4. The molecule has 6 bridgehead atoms. The second-order valence-corrected chi connectivity index (χ2v) is 14.9. The van der Waals surface area contributed by atoms with E-state index in [4.69, 9.17) is 14.2 Å². The van der Waals surface area contributed by atoms with E-state index in [0.717, 1.165) is 69.3 Å². The Bertz CT molecular complexity index is 829. The number of hydrogen-bond donors (Lipinski definition) is 0. The highest BCUT2D eigenvalue weighted by atomic mass is 16.7. The molecule has 6 rings (SSSR count). The maximum absolute atomic E-state index is 13.8. The van der Waals surface area contributed by atoms with Crippen LogP contribution in [0.15, 0.2) is 0 Å². The molecule has 0 heterocycles. The Morgan fingerprint density at radius 1 is 0.789 bits per heavy atom. The minimum Gasteiger partial charge on any atom is -0.462 e. The molecule has 0 amide bonds. The monoisotopic (exact) mass is 530 g/mol. The number of rotatable bonds is 12. The first-order chi connectivity index (χ1) is 18.1. The van der Waals surface area contributed by atoms with Crippen LogP contribution >= 0.6 is 0 Å². The van der Waals surface area contributed by atoms with Crippen LogP contribution in [0.5, 0.6) is 0 Å². The smallest absolute Gasteiger partial charge is 0.311 e. The molecular formula is C33H54O5. The van der Waals surface area contributed by atoms with Gasteiger partial charge in [0.15, 0.2) is 0 Å². The van der Waals surface area contributed by atoms with Crippen LogP contribution in [0.3, 0.4) is 0 Å². The molecule has 5 atom stereocenters. The van der Waals surface area contributed by atoms with E-state index in [2.05, 4.69) is 20.8 Å². The minimum atomic E-state index is -0.498. The standard InChI is InChI=1S/C33H54O5/c1-7-31(5,6)29(35)37-27-16-21-14-25(27)26(15-21)28(34)38-30(33(8-2,9-3)10-4)36-20-32-17-22-11-23(18-32)13-24(12-22)19-32/h21-27,30H,7-20H2,1-6H3. The maximum atomic E-state index is 13.8. The van der Waals surface area contributed by atoms with E-state index in [1.54, 1.807) is 0 Å². The average molecular weight is 531 g/mol. The van der Waals surface area contributed by atoms with E-state index in [-0.39, 0.29) is 40.7 Å². The predicted octanol–water partition coefficient (Wildman–Crippen LogP) is 7.70. The summed E-state index contributed by atoms with van der Waals surface area (Å²) in [4.78, 5) is 26.6.